The first-order valence-corrected chi connectivity index (χ1v) is 9.93. The molecule has 0 bridgehead atoms. The second kappa shape index (κ2) is 6.49. The van der Waals surface area contributed by atoms with Crippen molar-refractivity contribution in [3.8, 4) is 0 Å². The molecule has 0 aliphatic heterocycles. The van der Waals surface area contributed by atoms with E-state index in [9.17, 15) is 14.4 Å². The van der Waals surface area contributed by atoms with E-state index < -0.39 is 28.6 Å². The molecular weight excluding hydrogens is 376 g/mol. The Kier molecular flexibility index (Phi) is 4.00. The van der Waals surface area contributed by atoms with Gasteiger partial charge in [-0.3, -0.25) is 9.59 Å². The summed E-state index contributed by atoms with van der Waals surface area (Å²) in [6.07, 6.45) is 0.706. The van der Waals surface area contributed by atoms with Crippen molar-refractivity contribution in [2.75, 3.05) is 7.11 Å². The lowest BCUT2D eigenvalue weighted by atomic mass is 9.71. The number of carbonyl (C=O) groups is 3. The van der Waals surface area contributed by atoms with E-state index in [4.69, 9.17) is 4.74 Å². The molecule has 3 aromatic rings. The molecule has 0 saturated heterocycles. The number of esters is 1. The van der Waals surface area contributed by atoms with Crippen LogP contribution in [0, 0.1) is 5.41 Å². The molecule has 1 fully saturated rings. The fourth-order valence-corrected chi connectivity index (χ4v) is 5.77. The second-order valence-corrected chi connectivity index (χ2v) is 7.94. The topological polar surface area (TPSA) is 60.4 Å². The zero-order chi connectivity index (χ0) is 20.9. The molecule has 4 heteroatoms. The molecule has 4 atom stereocenters. The van der Waals surface area contributed by atoms with E-state index in [2.05, 4.69) is 0 Å². The van der Waals surface area contributed by atoms with Gasteiger partial charge in [0.1, 0.15) is 11.7 Å². The van der Waals surface area contributed by atoms with Crippen molar-refractivity contribution in [2.45, 2.75) is 17.3 Å². The molecular formula is C26H20O4. The number of Topliss-reactive ketones (excluding diaryl/α,β-unsaturated/α-hetero) is 1. The average Bonchev–Trinajstić information content (AvgIpc) is 3.32. The van der Waals surface area contributed by atoms with Gasteiger partial charge in [0.05, 0.1) is 13.0 Å². The number of aldehydes is 1. The van der Waals surface area contributed by atoms with Crippen molar-refractivity contribution in [1.29, 1.82) is 0 Å². The van der Waals surface area contributed by atoms with E-state index in [0.29, 0.717) is 11.8 Å². The number of ether oxygens (including phenoxy) is 1. The molecule has 3 aromatic carbocycles. The molecule has 5 rings (SSSR count). The Morgan fingerprint density at radius 1 is 0.833 bits per heavy atom. The van der Waals surface area contributed by atoms with E-state index >= 15 is 0 Å². The van der Waals surface area contributed by atoms with Crippen molar-refractivity contribution in [2.24, 2.45) is 5.41 Å². The van der Waals surface area contributed by atoms with Crippen LogP contribution in [-0.2, 0) is 19.7 Å². The van der Waals surface area contributed by atoms with Gasteiger partial charge in [-0.05, 0) is 16.7 Å². The third-order valence-corrected chi connectivity index (χ3v) is 6.87. The smallest absolute Gasteiger partial charge is 0.320 e. The normalized spacial score (nSPS) is 28.2. The summed E-state index contributed by atoms with van der Waals surface area (Å²) in [5, 5.41) is 0. The lowest BCUT2D eigenvalue weighted by Crippen LogP contribution is -2.37. The third kappa shape index (κ3) is 2.03. The number of benzene rings is 3. The molecule has 0 spiro atoms. The Bertz CT molecular complexity index is 1150. The molecule has 0 heterocycles. The van der Waals surface area contributed by atoms with Crippen LogP contribution in [0.25, 0.3) is 0 Å². The lowest BCUT2D eigenvalue weighted by Gasteiger charge is -2.29. The van der Waals surface area contributed by atoms with Crippen LogP contribution in [0.15, 0.2) is 84.9 Å². The molecule has 2 aliphatic rings. The molecule has 0 radical (unpaired) electrons. The van der Waals surface area contributed by atoms with Crippen LogP contribution < -0.4 is 0 Å². The summed E-state index contributed by atoms with van der Waals surface area (Å²) in [4.78, 5) is 39.5. The summed E-state index contributed by atoms with van der Waals surface area (Å²) >= 11 is 0. The second-order valence-electron chi connectivity index (χ2n) is 7.94. The van der Waals surface area contributed by atoms with Gasteiger partial charge in [-0.2, -0.15) is 0 Å². The molecule has 1 saturated carbocycles. The summed E-state index contributed by atoms with van der Waals surface area (Å²) < 4.78 is 5.12. The fourth-order valence-electron chi connectivity index (χ4n) is 5.77. The predicted octanol–water partition coefficient (Wildman–Crippen LogP) is 4.06. The van der Waals surface area contributed by atoms with E-state index in [1.807, 2.05) is 72.8 Å². The number of hydrogen-bond donors (Lipinski definition) is 0. The molecule has 0 amide bonds. The molecule has 4 nitrogen and oxygen atoms in total. The van der Waals surface area contributed by atoms with Crippen molar-refractivity contribution in [1.82, 2.24) is 0 Å². The molecule has 2 aliphatic carbocycles. The first-order chi connectivity index (χ1) is 14.6. The largest absolute Gasteiger partial charge is 0.468 e. The first-order valence-electron chi connectivity index (χ1n) is 9.93. The van der Waals surface area contributed by atoms with Crippen LogP contribution in [0.4, 0.5) is 0 Å². The van der Waals surface area contributed by atoms with Gasteiger partial charge >= 0.3 is 5.97 Å². The summed E-state index contributed by atoms with van der Waals surface area (Å²) in [5.74, 6) is -1.78. The van der Waals surface area contributed by atoms with Gasteiger partial charge in [-0.25, -0.2) is 0 Å². The quantitative estimate of drug-likeness (QED) is 0.282. The van der Waals surface area contributed by atoms with Gasteiger partial charge in [-0.15, -0.1) is 0 Å². The molecule has 30 heavy (non-hydrogen) atoms. The highest BCUT2D eigenvalue weighted by molar-refractivity contribution is 6.12. The molecule has 4 unspecified atom stereocenters. The summed E-state index contributed by atoms with van der Waals surface area (Å²) in [5.41, 5.74) is 0.684. The number of ketones is 1. The zero-order valence-electron chi connectivity index (χ0n) is 16.4. The number of fused-ring (bicyclic) bond motifs is 3. The average molecular weight is 396 g/mol. The lowest BCUT2D eigenvalue weighted by molar-refractivity contribution is -0.150. The van der Waals surface area contributed by atoms with E-state index in [1.165, 1.54) is 7.11 Å². The Hall–Kier alpha value is -3.53. The van der Waals surface area contributed by atoms with Gasteiger partial charge in [0.2, 0.25) is 0 Å². The van der Waals surface area contributed by atoms with Crippen molar-refractivity contribution >= 4 is 18.0 Å². The van der Waals surface area contributed by atoms with Crippen molar-refractivity contribution in [3.05, 3.63) is 107 Å². The van der Waals surface area contributed by atoms with Gasteiger partial charge in [0.25, 0.3) is 0 Å². The molecule has 148 valence electrons. The Balaban J connectivity index is 1.83. The van der Waals surface area contributed by atoms with Crippen LogP contribution in [0.1, 0.15) is 38.9 Å². The number of rotatable bonds is 5. The number of carbonyl (C=O) groups excluding carboxylic acids is 3. The van der Waals surface area contributed by atoms with E-state index in [1.54, 1.807) is 12.1 Å². The highest BCUT2D eigenvalue weighted by Gasteiger charge is 2.88. The summed E-state index contributed by atoms with van der Waals surface area (Å²) in [6, 6.07) is 26.1. The Labute approximate surface area is 174 Å². The van der Waals surface area contributed by atoms with Crippen LogP contribution in [0.3, 0.4) is 0 Å². The Morgan fingerprint density at radius 2 is 1.40 bits per heavy atom. The maximum absolute atomic E-state index is 13.9. The minimum absolute atomic E-state index is 0.0953. The van der Waals surface area contributed by atoms with Gasteiger partial charge in [0.15, 0.2) is 5.78 Å². The minimum Gasteiger partial charge on any atom is -0.468 e. The van der Waals surface area contributed by atoms with Crippen LogP contribution in [0.2, 0.25) is 0 Å². The number of hydrogen-bond acceptors (Lipinski definition) is 4. The summed E-state index contributed by atoms with van der Waals surface area (Å²) in [6.45, 7) is 0. The molecule has 0 N–H and O–H groups in total. The monoisotopic (exact) mass is 396 g/mol. The fraction of sp³-hybridized carbons (Fsp3) is 0.192. The van der Waals surface area contributed by atoms with Crippen molar-refractivity contribution in [3.63, 3.8) is 0 Å². The highest BCUT2D eigenvalue weighted by Crippen LogP contribution is 2.83. The van der Waals surface area contributed by atoms with Crippen LogP contribution in [0.5, 0.6) is 0 Å². The van der Waals surface area contributed by atoms with Gasteiger partial charge in [0, 0.05) is 16.9 Å². The van der Waals surface area contributed by atoms with E-state index in [-0.39, 0.29) is 5.78 Å². The van der Waals surface area contributed by atoms with Crippen LogP contribution >= 0.6 is 0 Å². The number of methoxy groups -OCH3 is 1. The first kappa shape index (κ1) is 18.5. The third-order valence-electron chi connectivity index (χ3n) is 6.87. The summed E-state index contributed by atoms with van der Waals surface area (Å²) in [7, 11) is 1.29. The SMILES string of the molecule is COC(=O)C1(C=O)C2c3ccccc3C(C(=O)c3ccccc3)C21c1ccccc1. The standard InChI is InChI=1S/C26H20O4/c1-30-24(29)25(16-27)23-20-15-9-8-14-19(20)21(22(28)17-10-4-2-5-11-17)26(23,25)18-12-6-3-7-13-18/h2-16,21,23H,1H3. The predicted molar refractivity (Wildman–Crippen MR) is 111 cm³/mol. The van der Waals surface area contributed by atoms with Crippen LogP contribution in [-0.4, -0.2) is 25.1 Å². The minimum atomic E-state index is -1.42. The van der Waals surface area contributed by atoms with Gasteiger partial charge < -0.3 is 9.53 Å². The van der Waals surface area contributed by atoms with Gasteiger partial charge in [-0.1, -0.05) is 84.9 Å². The Morgan fingerprint density at radius 3 is 2.00 bits per heavy atom. The maximum Gasteiger partial charge on any atom is 0.320 e. The highest BCUT2D eigenvalue weighted by atomic mass is 16.5. The zero-order valence-corrected chi connectivity index (χ0v) is 16.4. The molecule has 0 aromatic heterocycles. The van der Waals surface area contributed by atoms with E-state index in [0.717, 1.165) is 16.7 Å². The van der Waals surface area contributed by atoms with Crippen molar-refractivity contribution < 1.29 is 19.1 Å². The maximum atomic E-state index is 13.9.